The first kappa shape index (κ1) is 9.14. The molecule has 6 heteroatoms. The summed E-state index contributed by atoms with van der Waals surface area (Å²) in [4.78, 5) is 14.3. The standard InChI is InChI=1S/C8H13N5O/c14-6-11-8-10-5-12-13(8)7-1-3-9-4-2-7/h5-7,9H,1-4H2,(H,10,11,12,14). The van der Waals surface area contributed by atoms with E-state index in [1.165, 1.54) is 6.33 Å². The summed E-state index contributed by atoms with van der Waals surface area (Å²) < 4.78 is 1.79. The summed E-state index contributed by atoms with van der Waals surface area (Å²) in [5.41, 5.74) is 0. The third-order valence-corrected chi connectivity index (χ3v) is 2.42. The number of nitrogens with zero attached hydrogens (tertiary/aromatic N) is 3. The zero-order valence-electron chi connectivity index (χ0n) is 7.81. The van der Waals surface area contributed by atoms with Gasteiger partial charge in [0.2, 0.25) is 12.4 Å². The number of carbonyl (C=O) groups excluding carboxylic acids is 1. The van der Waals surface area contributed by atoms with Crippen LogP contribution in [-0.4, -0.2) is 34.3 Å². The van der Waals surface area contributed by atoms with Crippen molar-refractivity contribution in [1.82, 2.24) is 20.1 Å². The zero-order chi connectivity index (χ0) is 9.80. The highest BCUT2D eigenvalue weighted by atomic mass is 16.1. The van der Waals surface area contributed by atoms with Crippen molar-refractivity contribution in [3.8, 4) is 0 Å². The number of piperidine rings is 1. The van der Waals surface area contributed by atoms with Gasteiger partial charge in [-0.2, -0.15) is 10.1 Å². The van der Waals surface area contributed by atoms with Gasteiger partial charge in [0.25, 0.3) is 0 Å². The molecule has 2 heterocycles. The van der Waals surface area contributed by atoms with Crippen molar-refractivity contribution < 1.29 is 4.79 Å². The minimum Gasteiger partial charge on any atom is -0.317 e. The van der Waals surface area contributed by atoms with Gasteiger partial charge in [0, 0.05) is 0 Å². The maximum absolute atomic E-state index is 10.3. The third kappa shape index (κ3) is 1.74. The van der Waals surface area contributed by atoms with Crippen LogP contribution < -0.4 is 10.6 Å². The lowest BCUT2D eigenvalue weighted by Crippen LogP contribution is -2.30. The minimum absolute atomic E-state index is 0.348. The predicted molar refractivity (Wildman–Crippen MR) is 50.8 cm³/mol. The maximum Gasteiger partial charge on any atom is 0.227 e. The first-order chi connectivity index (χ1) is 6.92. The lowest BCUT2D eigenvalue weighted by atomic mass is 10.1. The van der Waals surface area contributed by atoms with Gasteiger partial charge in [-0.25, -0.2) is 4.68 Å². The van der Waals surface area contributed by atoms with E-state index in [0.29, 0.717) is 18.4 Å². The van der Waals surface area contributed by atoms with Crippen molar-refractivity contribution in [2.45, 2.75) is 18.9 Å². The van der Waals surface area contributed by atoms with Crippen molar-refractivity contribution in [3.05, 3.63) is 6.33 Å². The van der Waals surface area contributed by atoms with Crippen LogP contribution in [0.15, 0.2) is 6.33 Å². The van der Waals surface area contributed by atoms with Crippen molar-refractivity contribution in [1.29, 1.82) is 0 Å². The monoisotopic (exact) mass is 195 g/mol. The second-order valence-corrected chi connectivity index (χ2v) is 3.27. The molecule has 1 saturated heterocycles. The molecule has 0 atom stereocenters. The van der Waals surface area contributed by atoms with E-state index >= 15 is 0 Å². The van der Waals surface area contributed by atoms with Gasteiger partial charge in [0.1, 0.15) is 6.33 Å². The van der Waals surface area contributed by atoms with Gasteiger partial charge in [-0.3, -0.25) is 10.1 Å². The van der Waals surface area contributed by atoms with E-state index in [0.717, 1.165) is 25.9 Å². The SMILES string of the molecule is O=CNc1ncnn1C1CCNCC1. The molecule has 1 fully saturated rings. The number of aromatic nitrogens is 3. The molecule has 1 aliphatic rings. The van der Waals surface area contributed by atoms with Gasteiger partial charge in [-0.05, 0) is 25.9 Å². The summed E-state index contributed by atoms with van der Waals surface area (Å²) in [5, 5.41) is 9.93. The minimum atomic E-state index is 0.348. The summed E-state index contributed by atoms with van der Waals surface area (Å²) in [6, 6.07) is 0.348. The molecule has 76 valence electrons. The van der Waals surface area contributed by atoms with E-state index < -0.39 is 0 Å². The van der Waals surface area contributed by atoms with E-state index in [9.17, 15) is 4.79 Å². The number of anilines is 1. The van der Waals surface area contributed by atoms with Gasteiger partial charge in [-0.1, -0.05) is 0 Å². The molecule has 1 amide bonds. The molecule has 1 aromatic rings. The second-order valence-electron chi connectivity index (χ2n) is 3.27. The summed E-state index contributed by atoms with van der Waals surface area (Å²) in [6.07, 6.45) is 4.14. The smallest absolute Gasteiger partial charge is 0.227 e. The topological polar surface area (TPSA) is 71.8 Å². The lowest BCUT2D eigenvalue weighted by molar-refractivity contribution is -0.105. The summed E-state index contributed by atoms with van der Waals surface area (Å²) in [6.45, 7) is 1.98. The van der Waals surface area contributed by atoms with Crippen LogP contribution in [0.2, 0.25) is 0 Å². The summed E-state index contributed by atoms with van der Waals surface area (Å²) >= 11 is 0. The number of hydrogen-bond donors (Lipinski definition) is 2. The molecule has 0 aromatic carbocycles. The molecule has 0 radical (unpaired) electrons. The number of carbonyl (C=O) groups is 1. The Morgan fingerprint density at radius 1 is 1.57 bits per heavy atom. The first-order valence-electron chi connectivity index (χ1n) is 4.72. The lowest BCUT2D eigenvalue weighted by Gasteiger charge is -2.23. The van der Waals surface area contributed by atoms with Gasteiger partial charge in [-0.15, -0.1) is 0 Å². The van der Waals surface area contributed by atoms with Gasteiger partial charge < -0.3 is 5.32 Å². The Hall–Kier alpha value is -1.43. The van der Waals surface area contributed by atoms with Crippen molar-refractivity contribution in [2.75, 3.05) is 18.4 Å². The summed E-state index contributed by atoms with van der Waals surface area (Å²) in [5.74, 6) is 0.534. The van der Waals surface area contributed by atoms with Gasteiger partial charge in [0.15, 0.2) is 0 Å². The first-order valence-corrected chi connectivity index (χ1v) is 4.72. The van der Waals surface area contributed by atoms with Crippen molar-refractivity contribution in [3.63, 3.8) is 0 Å². The molecule has 0 bridgehead atoms. The average molecular weight is 195 g/mol. The number of rotatable bonds is 3. The third-order valence-electron chi connectivity index (χ3n) is 2.42. The van der Waals surface area contributed by atoms with Crippen LogP contribution in [0.25, 0.3) is 0 Å². The molecule has 0 spiro atoms. The molecule has 1 aromatic heterocycles. The molecule has 0 saturated carbocycles. The zero-order valence-corrected chi connectivity index (χ0v) is 7.81. The average Bonchev–Trinajstić information content (AvgIpc) is 2.68. The fourth-order valence-electron chi connectivity index (χ4n) is 1.72. The maximum atomic E-state index is 10.3. The molecule has 6 nitrogen and oxygen atoms in total. The highest BCUT2D eigenvalue weighted by Crippen LogP contribution is 2.20. The Kier molecular flexibility index (Phi) is 2.73. The Morgan fingerprint density at radius 3 is 3.07 bits per heavy atom. The number of amides is 1. The molecular weight excluding hydrogens is 182 g/mol. The van der Waals surface area contributed by atoms with E-state index in [2.05, 4.69) is 20.7 Å². The highest BCUT2D eigenvalue weighted by Gasteiger charge is 2.18. The quantitative estimate of drug-likeness (QED) is 0.653. The van der Waals surface area contributed by atoms with Crippen LogP contribution in [0, 0.1) is 0 Å². The van der Waals surface area contributed by atoms with Crippen LogP contribution in [0.5, 0.6) is 0 Å². The Morgan fingerprint density at radius 2 is 2.36 bits per heavy atom. The van der Waals surface area contributed by atoms with Crippen LogP contribution in [-0.2, 0) is 4.79 Å². The van der Waals surface area contributed by atoms with E-state index in [-0.39, 0.29) is 0 Å². The molecule has 0 aliphatic carbocycles. The van der Waals surface area contributed by atoms with Gasteiger partial charge >= 0.3 is 0 Å². The van der Waals surface area contributed by atoms with Crippen LogP contribution >= 0.6 is 0 Å². The fraction of sp³-hybridized carbons (Fsp3) is 0.625. The van der Waals surface area contributed by atoms with E-state index in [1.807, 2.05) is 0 Å². The molecule has 14 heavy (non-hydrogen) atoms. The Bertz CT molecular complexity index is 304. The Labute approximate surface area is 81.7 Å². The van der Waals surface area contributed by atoms with Crippen molar-refractivity contribution >= 4 is 12.4 Å². The number of nitrogens with one attached hydrogen (secondary N) is 2. The Balaban J connectivity index is 2.12. The second kappa shape index (κ2) is 4.19. The van der Waals surface area contributed by atoms with E-state index in [1.54, 1.807) is 4.68 Å². The number of hydrogen-bond acceptors (Lipinski definition) is 4. The summed E-state index contributed by atoms with van der Waals surface area (Å²) in [7, 11) is 0. The highest BCUT2D eigenvalue weighted by molar-refractivity contribution is 5.66. The largest absolute Gasteiger partial charge is 0.317 e. The van der Waals surface area contributed by atoms with Crippen LogP contribution in [0.3, 0.4) is 0 Å². The molecule has 1 aliphatic heterocycles. The molecule has 2 rings (SSSR count). The fourth-order valence-corrected chi connectivity index (χ4v) is 1.72. The molecular formula is C8H13N5O. The van der Waals surface area contributed by atoms with Crippen LogP contribution in [0.1, 0.15) is 18.9 Å². The molecule has 0 unspecified atom stereocenters. The normalized spacial score (nSPS) is 18.0. The van der Waals surface area contributed by atoms with Gasteiger partial charge in [0.05, 0.1) is 6.04 Å². The van der Waals surface area contributed by atoms with Crippen LogP contribution in [0.4, 0.5) is 5.95 Å². The predicted octanol–water partition coefficient (Wildman–Crippen LogP) is -0.229. The molecule has 2 N–H and O–H groups in total. The van der Waals surface area contributed by atoms with E-state index in [4.69, 9.17) is 0 Å². The van der Waals surface area contributed by atoms with Crippen molar-refractivity contribution in [2.24, 2.45) is 0 Å².